The summed E-state index contributed by atoms with van der Waals surface area (Å²) in [6, 6.07) is 17.5. The Morgan fingerprint density at radius 1 is 0.905 bits per heavy atom. The SMILES string of the molecule is CCNCC(C)COc1ccc(Oc2ccccc2)cc1. The first-order valence-electron chi connectivity index (χ1n) is 7.44. The topological polar surface area (TPSA) is 30.5 Å². The van der Waals surface area contributed by atoms with Crippen LogP contribution in [0, 0.1) is 5.92 Å². The highest BCUT2D eigenvalue weighted by Gasteiger charge is 2.03. The van der Waals surface area contributed by atoms with Gasteiger partial charge in [0.25, 0.3) is 0 Å². The van der Waals surface area contributed by atoms with Crippen LogP contribution in [-0.2, 0) is 0 Å². The van der Waals surface area contributed by atoms with Gasteiger partial charge in [-0.15, -0.1) is 0 Å². The van der Waals surface area contributed by atoms with E-state index in [2.05, 4.69) is 19.2 Å². The molecule has 0 spiro atoms. The lowest BCUT2D eigenvalue weighted by Crippen LogP contribution is -2.24. The molecule has 1 atom stereocenters. The fraction of sp³-hybridized carbons (Fsp3) is 0.333. The van der Waals surface area contributed by atoms with E-state index in [0.29, 0.717) is 12.5 Å². The van der Waals surface area contributed by atoms with Crippen molar-refractivity contribution in [1.29, 1.82) is 0 Å². The van der Waals surface area contributed by atoms with E-state index in [1.165, 1.54) is 0 Å². The van der Waals surface area contributed by atoms with Gasteiger partial charge in [-0.3, -0.25) is 0 Å². The molecule has 112 valence electrons. The molecule has 1 N–H and O–H groups in total. The van der Waals surface area contributed by atoms with Crippen molar-refractivity contribution >= 4 is 0 Å². The summed E-state index contributed by atoms with van der Waals surface area (Å²) in [5.74, 6) is 3.02. The molecule has 0 aliphatic carbocycles. The van der Waals surface area contributed by atoms with Crippen LogP contribution in [0.5, 0.6) is 17.2 Å². The monoisotopic (exact) mass is 285 g/mol. The highest BCUT2D eigenvalue weighted by Crippen LogP contribution is 2.23. The molecule has 21 heavy (non-hydrogen) atoms. The maximum absolute atomic E-state index is 5.77. The van der Waals surface area contributed by atoms with Crippen LogP contribution in [0.25, 0.3) is 0 Å². The normalized spacial score (nSPS) is 11.9. The predicted octanol–water partition coefficient (Wildman–Crippen LogP) is 4.10. The Morgan fingerprint density at radius 3 is 2.19 bits per heavy atom. The van der Waals surface area contributed by atoms with Crippen LogP contribution in [0.2, 0.25) is 0 Å². The van der Waals surface area contributed by atoms with Crippen LogP contribution < -0.4 is 14.8 Å². The van der Waals surface area contributed by atoms with Gasteiger partial charge in [0, 0.05) is 12.5 Å². The molecule has 0 fully saturated rings. The fourth-order valence-corrected chi connectivity index (χ4v) is 1.92. The standard InChI is InChI=1S/C18H23NO2/c1-3-19-13-15(2)14-20-16-9-11-18(12-10-16)21-17-7-5-4-6-8-17/h4-12,15,19H,3,13-14H2,1-2H3. The Labute approximate surface area is 126 Å². The molecule has 0 heterocycles. The van der Waals surface area contributed by atoms with Gasteiger partial charge >= 0.3 is 0 Å². The molecule has 2 aromatic carbocycles. The molecule has 3 heteroatoms. The van der Waals surface area contributed by atoms with Gasteiger partial charge in [0.2, 0.25) is 0 Å². The molecule has 2 rings (SSSR count). The Hall–Kier alpha value is -2.00. The Kier molecular flexibility index (Phi) is 6.10. The molecule has 0 amide bonds. The van der Waals surface area contributed by atoms with Crippen molar-refractivity contribution in [3.05, 3.63) is 54.6 Å². The van der Waals surface area contributed by atoms with Crippen LogP contribution in [0.15, 0.2) is 54.6 Å². The van der Waals surface area contributed by atoms with E-state index in [9.17, 15) is 0 Å². The van der Waals surface area contributed by atoms with Crippen molar-refractivity contribution in [3.63, 3.8) is 0 Å². The molecular weight excluding hydrogens is 262 g/mol. The predicted molar refractivity (Wildman–Crippen MR) is 86.2 cm³/mol. The van der Waals surface area contributed by atoms with Gasteiger partial charge in [-0.2, -0.15) is 0 Å². The van der Waals surface area contributed by atoms with Crippen molar-refractivity contribution in [2.24, 2.45) is 5.92 Å². The zero-order chi connectivity index (χ0) is 14.9. The highest BCUT2D eigenvalue weighted by atomic mass is 16.5. The highest BCUT2D eigenvalue weighted by molar-refractivity contribution is 5.35. The molecule has 0 saturated carbocycles. The van der Waals surface area contributed by atoms with Crippen molar-refractivity contribution in [2.75, 3.05) is 19.7 Å². The lowest BCUT2D eigenvalue weighted by atomic mass is 10.2. The van der Waals surface area contributed by atoms with Crippen LogP contribution in [0.1, 0.15) is 13.8 Å². The van der Waals surface area contributed by atoms with Gasteiger partial charge in [0.15, 0.2) is 0 Å². The molecule has 0 aromatic heterocycles. The number of para-hydroxylation sites is 1. The van der Waals surface area contributed by atoms with Gasteiger partial charge in [-0.05, 0) is 42.9 Å². The second-order valence-corrected chi connectivity index (χ2v) is 5.11. The third kappa shape index (κ3) is 5.48. The smallest absolute Gasteiger partial charge is 0.127 e. The minimum atomic E-state index is 0.491. The second-order valence-electron chi connectivity index (χ2n) is 5.11. The van der Waals surface area contributed by atoms with Crippen LogP contribution in [0.3, 0.4) is 0 Å². The molecular formula is C18H23NO2. The van der Waals surface area contributed by atoms with E-state index in [1.807, 2.05) is 54.6 Å². The number of nitrogens with one attached hydrogen (secondary N) is 1. The first-order chi connectivity index (χ1) is 10.3. The molecule has 0 bridgehead atoms. The maximum atomic E-state index is 5.77. The van der Waals surface area contributed by atoms with Gasteiger partial charge < -0.3 is 14.8 Å². The second kappa shape index (κ2) is 8.32. The Bertz CT molecular complexity index is 511. The molecule has 1 unspecified atom stereocenters. The zero-order valence-electron chi connectivity index (χ0n) is 12.7. The van der Waals surface area contributed by atoms with Crippen molar-refractivity contribution in [3.8, 4) is 17.2 Å². The summed E-state index contributed by atoms with van der Waals surface area (Å²) in [4.78, 5) is 0. The lowest BCUT2D eigenvalue weighted by molar-refractivity contribution is 0.256. The number of hydrogen-bond acceptors (Lipinski definition) is 3. The van der Waals surface area contributed by atoms with E-state index in [0.717, 1.165) is 30.3 Å². The number of rotatable bonds is 8. The summed E-state index contributed by atoms with van der Waals surface area (Å²) >= 11 is 0. The average Bonchev–Trinajstić information content (AvgIpc) is 2.53. The summed E-state index contributed by atoms with van der Waals surface area (Å²) in [5.41, 5.74) is 0. The lowest BCUT2D eigenvalue weighted by Gasteiger charge is -2.13. The van der Waals surface area contributed by atoms with Gasteiger partial charge in [-0.1, -0.05) is 32.0 Å². The molecule has 0 aliphatic rings. The number of ether oxygens (including phenoxy) is 2. The minimum absolute atomic E-state index is 0.491. The molecule has 2 aromatic rings. The number of hydrogen-bond donors (Lipinski definition) is 1. The average molecular weight is 285 g/mol. The zero-order valence-corrected chi connectivity index (χ0v) is 12.7. The third-order valence-corrected chi connectivity index (χ3v) is 3.08. The van der Waals surface area contributed by atoms with E-state index in [4.69, 9.17) is 9.47 Å². The van der Waals surface area contributed by atoms with E-state index in [1.54, 1.807) is 0 Å². The third-order valence-electron chi connectivity index (χ3n) is 3.08. The molecule has 3 nitrogen and oxygen atoms in total. The quantitative estimate of drug-likeness (QED) is 0.792. The Balaban J connectivity index is 1.82. The van der Waals surface area contributed by atoms with E-state index < -0.39 is 0 Å². The van der Waals surface area contributed by atoms with E-state index >= 15 is 0 Å². The van der Waals surface area contributed by atoms with Gasteiger partial charge in [0.05, 0.1) is 6.61 Å². The van der Waals surface area contributed by atoms with Crippen LogP contribution >= 0.6 is 0 Å². The molecule has 0 saturated heterocycles. The van der Waals surface area contributed by atoms with Crippen LogP contribution in [0.4, 0.5) is 0 Å². The Morgan fingerprint density at radius 2 is 1.52 bits per heavy atom. The number of benzene rings is 2. The van der Waals surface area contributed by atoms with Crippen molar-refractivity contribution < 1.29 is 9.47 Å². The molecule has 0 radical (unpaired) electrons. The summed E-state index contributed by atoms with van der Waals surface area (Å²) < 4.78 is 11.5. The fourth-order valence-electron chi connectivity index (χ4n) is 1.92. The van der Waals surface area contributed by atoms with Crippen molar-refractivity contribution in [2.45, 2.75) is 13.8 Å². The van der Waals surface area contributed by atoms with Gasteiger partial charge in [-0.25, -0.2) is 0 Å². The first kappa shape index (κ1) is 15.4. The summed E-state index contributed by atoms with van der Waals surface area (Å²) in [5, 5.41) is 3.32. The van der Waals surface area contributed by atoms with Crippen LogP contribution in [-0.4, -0.2) is 19.7 Å². The largest absolute Gasteiger partial charge is 0.493 e. The van der Waals surface area contributed by atoms with Gasteiger partial charge in [0.1, 0.15) is 17.2 Å². The first-order valence-corrected chi connectivity index (χ1v) is 7.44. The van der Waals surface area contributed by atoms with E-state index in [-0.39, 0.29) is 0 Å². The summed E-state index contributed by atoms with van der Waals surface area (Å²) in [7, 11) is 0. The maximum Gasteiger partial charge on any atom is 0.127 e. The van der Waals surface area contributed by atoms with Crippen molar-refractivity contribution in [1.82, 2.24) is 5.32 Å². The summed E-state index contributed by atoms with van der Waals surface area (Å²) in [6.07, 6.45) is 0. The summed E-state index contributed by atoms with van der Waals surface area (Å²) in [6.45, 7) is 6.97. The molecule has 0 aliphatic heterocycles. The minimum Gasteiger partial charge on any atom is -0.493 e.